The average Bonchev–Trinajstić information content (AvgIpc) is 2.73. The number of carbonyl (C=O) groups is 2. The molecule has 0 spiro atoms. The lowest BCUT2D eigenvalue weighted by molar-refractivity contribution is -0.118. The molecule has 0 aliphatic carbocycles. The maximum Gasteiger partial charge on any atom is 0.256 e. The molecule has 3 aromatic rings. The number of aromatic nitrogens is 2. The van der Waals surface area contributed by atoms with Gasteiger partial charge in [-0.2, -0.15) is 0 Å². The van der Waals surface area contributed by atoms with E-state index in [1.807, 2.05) is 36.4 Å². The van der Waals surface area contributed by atoms with E-state index in [1.165, 1.54) is 11.8 Å². The molecule has 1 heterocycles. The number of carbonyl (C=O) groups excluding carboxylic acids is 2. The molecule has 2 aromatic carbocycles. The zero-order chi connectivity index (χ0) is 18.9. The number of hydrogen-bond acceptors (Lipinski definition) is 5. The van der Waals surface area contributed by atoms with Gasteiger partial charge in [0.15, 0.2) is 5.82 Å². The van der Waals surface area contributed by atoms with Gasteiger partial charge in [-0.1, -0.05) is 60.3 Å². The third kappa shape index (κ3) is 5.93. The van der Waals surface area contributed by atoms with Crippen LogP contribution in [0.4, 0.5) is 5.82 Å². The standard InChI is InChI=1S/C20H18N4O2S/c25-18(21-13-15-7-3-1-4-8-15)14-27-19-12-11-17(23-24-19)22-20(26)16-9-5-2-6-10-16/h1-12H,13-14H2,(H,21,25)(H,22,23,26). The van der Waals surface area contributed by atoms with Gasteiger partial charge in [-0.05, 0) is 29.8 Å². The summed E-state index contributed by atoms with van der Waals surface area (Å²) in [4.78, 5) is 24.0. The van der Waals surface area contributed by atoms with Crippen molar-refractivity contribution in [3.05, 3.63) is 83.9 Å². The Morgan fingerprint density at radius 2 is 1.56 bits per heavy atom. The molecule has 27 heavy (non-hydrogen) atoms. The summed E-state index contributed by atoms with van der Waals surface area (Å²) in [6, 6.07) is 22.0. The summed E-state index contributed by atoms with van der Waals surface area (Å²) in [6.45, 7) is 0.496. The van der Waals surface area contributed by atoms with Crippen LogP contribution in [-0.2, 0) is 11.3 Å². The quantitative estimate of drug-likeness (QED) is 0.617. The van der Waals surface area contributed by atoms with Gasteiger partial charge in [0.25, 0.3) is 5.91 Å². The van der Waals surface area contributed by atoms with Crippen molar-refractivity contribution >= 4 is 29.4 Å². The Kier molecular flexibility index (Phi) is 6.54. The van der Waals surface area contributed by atoms with Crippen molar-refractivity contribution in [2.45, 2.75) is 11.6 Å². The molecule has 0 radical (unpaired) electrons. The van der Waals surface area contributed by atoms with Gasteiger partial charge in [-0.3, -0.25) is 9.59 Å². The van der Waals surface area contributed by atoms with Gasteiger partial charge < -0.3 is 10.6 Å². The minimum absolute atomic E-state index is 0.0768. The first kappa shape index (κ1) is 18.6. The Balaban J connectivity index is 1.45. The first-order chi connectivity index (χ1) is 13.2. The molecule has 0 fully saturated rings. The second-order valence-corrected chi connectivity index (χ2v) is 6.62. The highest BCUT2D eigenvalue weighted by Crippen LogP contribution is 2.15. The monoisotopic (exact) mass is 378 g/mol. The van der Waals surface area contributed by atoms with Gasteiger partial charge in [0, 0.05) is 12.1 Å². The van der Waals surface area contributed by atoms with Gasteiger partial charge >= 0.3 is 0 Å². The number of benzene rings is 2. The number of hydrogen-bond donors (Lipinski definition) is 2. The Hall–Kier alpha value is -3.19. The van der Waals surface area contributed by atoms with Crippen LogP contribution in [0.2, 0.25) is 0 Å². The van der Waals surface area contributed by atoms with E-state index >= 15 is 0 Å². The summed E-state index contributed by atoms with van der Waals surface area (Å²) in [7, 11) is 0. The molecular formula is C20H18N4O2S. The number of rotatable bonds is 7. The van der Waals surface area contributed by atoms with E-state index in [2.05, 4.69) is 20.8 Å². The minimum Gasteiger partial charge on any atom is -0.351 e. The van der Waals surface area contributed by atoms with Crippen LogP contribution in [0.1, 0.15) is 15.9 Å². The number of anilines is 1. The normalized spacial score (nSPS) is 10.2. The van der Waals surface area contributed by atoms with Crippen LogP contribution in [0.3, 0.4) is 0 Å². The maximum absolute atomic E-state index is 12.1. The van der Waals surface area contributed by atoms with Crippen LogP contribution in [-0.4, -0.2) is 27.8 Å². The summed E-state index contributed by atoms with van der Waals surface area (Å²) in [5.41, 5.74) is 1.60. The molecule has 136 valence electrons. The van der Waals surface area contributed by atoms with Crippen molar-refractivity contribution in [3.8, 4) is 0 Å². The third-order valence-electron chi connectivity index (χ3n) is 3.60. The molecule has 3 rings (SSSR count). The van der Waals surface area contributed by atoms with E-state index < -0.39 is 0 Å². The smallest absolute Gasteiger partial charge is 0.256 e. The zero-order valence-electron chi connectivity index (χ0n) is 14.5. The predicted molar refractivity (Wildman–Crippen MR) is 105 cm³/mol. The SMILES string of the molecule is O=C(CSc1ccc(NC(=O)c2ccccc2)nn1)NCc1ccccc1. The highest BCUT2D eigenvalue weighted by Gasteiger charge is 2.08. The minimum atomic E-state index is -0.245. The molecule has 2 amide bonds. The first-order valence-electron chi connectivity index (χ1n) is 8.34. The van der Waals surface area contributed by atoms with Gasteiger partial charge in [0.1, 0.15) is 5.03 Å². The van der Waals surface area contributed by atoms with Crippen LogP contribution < -0.4 is 10.6 Å². The lowest BCUT2D eigenvalue weighted by Crippen LogP contribution is -2.24. The van der Waals surface area contributed by atoms with Crippen molar-refractivity contribution in [1.82, 2.24) is 15.5 Å². The van der Waals surface area contributed by atoms with Crippen molar-refractivity contribution in [1.29, 1.82) is 0 Å². The molecule has 0 aliphatic rings. The van der Waals surface area contributed by atoms with E-state index in [4.69, 9.17) is 0 Å². The van der Waals surface area contributed by atoms with E-state index in [0.717, 1.165) is 5.56 Å². The van der Waals surface area contributed by atoms with Crippen LogP contribution in [0, 0.1) is 0 Å². The molecule has 0 unspecified atom stereocenters. The van der Waals surface area contributed by atoms with E-state index in [-0.39, 0.29) is 17.6 Å². The Bertz CT molecular complexity index is 887. The van der Waals surface area contributed by atoms with Crippen LogP contribution in [0.15, 0.2) is 77.8 Å². The molecule has 2 N–H and O–H groups in total. The van der Waals surface area contributed by atoms with Crippen molar-refractivity contribution in [2.75, 3.05) is 11.1 Å². The molecule has 0 aliphatic heterocycles. The van der Waals surface area contributed by atoms with Gasteiger partial charge in [0.05, 0.1) is 5.75 Å². The Morgan fingerprint density at radius 1 is 0.852 bits per heavy atom. The highest BCUT2D eigenvalue weighted by atomic mass is 32.2. The average molecular weight is 378 g/mol. The predicted octanol–water partition coefficient (Wildman–Crippen LogP) is 3.14. The summed E-state index contributed by atoms with van der Waals surface area (Å²) in [5, 5.41) is 14.2. The largest absolute Gasteiger partial charge is 0.351 e. The molecule has 7 heteroatoms. The Labute approximate surface area is 161 Å². The molecule has 6 nitrogen and oxygen atoms in total. The fourth-order valence-electron chi connectivity index (χ4n) is 2.23. The molecule has 1 aromatic heterocycles. The number of amides is 2. The van der Waals surface area contributed by atoms with Crippen LogP contribution in [0.25, 0.3) is 0 Å². The fraction of sp³-hybridized carbons (Fsp3) is 0.100. The van der Waals surface area contributed by atoms with Crippen LogP contribution in [0.5, 0.6) is 0 Å². The van der Waals surface area contributed by atoms with Gasteiger partial charge in [0.2, 0.25) is 5.91 Å². The molecule has 0 atom stereocenters. The first-order valence-corrected chi connectivity index (χ1v) is 9.33. The second-order valence-electron chi connectivity index (χ2n) is 5.63. The number of nitrogens with zero attached hydrogens (tertiary/aromatic N) is 2. The molecular weight excluding hydrogens is 360 g/mol. The van der Waals surface area contributed by atoms with Crippen molar-refractivity contribution in [3.63, 3.8) is 0 Å². The number of thioether (sulfide) groups is 1. The van der Waals surface area contributed by atoms with E-state index in [0.29, 0.717) is 23.0 Å². The maximum atomic E-state index is 12.1. The van der Waals surface area contributed by atoms with Crippen molar-refractivity contribution in [2.24, 2.45) is 0 Å². The fourth-order valence-corrected chi connectivity index (χ4v) is 2.87. The summed E-state index contributed by atoms with van der Waals surface area (Å²) < 4.78 is 0. The number of nitrogens with one attached hydrogen (secondary N) is 2. The summed E-state index contributed by atoms with van der Waals surface area (Å²) in [6.07, 6.45) is 0. The van der Waals surface area contributed by atoms with Crippen molar-refractivity contribution < 1.29 is 9.59 Å². The lowest BCUT2D eigenvalue weighted by Gasteiger charge is -2.06. The van der Waals surface area contributed by atoms with Crippen LogP contribution >= 0.6 is 11.8 Å². The highest BCUT2D eigenvalue weighted by molar-refractivity contribution is 7.99. The van der Waals surface area contributed by atoms with E-state index in [9.17, 15) is 9.59 Å². The lowest BCUT2D eigenvalue weighted by atomic mass is 10.2. The second kappa shape index (κ2) is 9.49. The topological polar surface area (TPSA) is 84.0 Å². The molecule has 0 saturated heterocycles. The van der Waals surface area contributed by atoms with E-state index in [1.54, 1.807) is 36.4 Å². The van der Waals surface area contributed by atoms with Gasteiger partial charge in [-0.25, -0.2) is 0 Å². The summed E-state index contributed by atoms with van der Waals surface area (Å²) in [5.74, 6) is 0.288. The molecule has 0 saturated carbocycles. The third-order valence-corrected chi connectivity index (χ3v) is 4.52. The van der Waals surface area contributed by atoms with Gasteiger partial charge in [-0.15, -0.1) is 10.2 Å². The summed E-state index contributed by atoms with van der Waals surface area (Å²) >= 11 is 1.29. The Morgan fingerprint density at radius 3 is 2.22 bits per heavy atom. The zero-order valence-corrected chi connectivity index (χ0v) is 15.3. The molecule has 0 bridgehead atoms.